The van der Waals surface area contributed by atoms with Crippen LogP contribution in [0.3, 0.4) is 0 Å². The Hall–Kier alpha value is -0.810. The summed E-state index contributed by atoms with van der Waals surface area (Å²) in [5, 5.41) is 13.8. The minimum Gasteiger partial charge on any atom is -0.444 e. The van der Waals surface area contributed by atoms with Gasteiger partial charge in [0.25, 0.3) is 0 Å². The average molecular weight is 298 g/mol. The number of rotatable bonds is 2. The van der Waals surface area contributed by atoms with Gasteiger partial charge in [0.2, 0.25) is 0 Å². The van der Waals surface area contributed by atoms with Crippen molar-refractivity contribution < 1.29 is 14.6 Å². The first-order valence-corrected chi connectivity index (χ1v) is 8.10. The van der Waals surface area contributed by atoms with E-state index in [0.29, 0.717) is 18.4 Å². The molecule has 0 aliphatic carbocycles. The van der Waals surface area contributed by atoms with Gasteiger partial charge < -0.3 is 20.1 Å². The Morgan fingerprint density at radius 3 is 2.71 bits per heavy atom. The molecule has 2 N–H and O–H groups in total. The molecule has 5 heteroatoms. The Kier molecular flexibility index (Phi) is 4.83. The Morgan fingerprint density at radius 1 is 1.48 bits per heavy atom. The van der Waals surface area contributed by atoms with E-state index in [-0.39, 0.29) is 6.09 Å². The molecule has 2 saturated heterocycles. The molecule has 3 unspecified atom stereocenters. The van der Waals surface area contributed by atoms with Gasteiger partial charge in [-0.2, -0.15) is 0 Å². The van der Waals surface area contributed by atoms with Crippen molar-refractivity contribution in [3.05, 3.63) is 0 Å². The smallest absolute Gasteiger partial charge is 0.410 e. The number of ether oxygens (including phenoxy) is 1. The monoisotopic (exact) mass is 298 g/mol. The van der Waals surface area contributed by atoms with Crippen LogP contribution in [-0.2, 0) is 4.74 Å². The number of amides is 1. The number of piperidine rings is 1. The van der Waals surface area contributed by atoms with E-state index in [9.17, 15) is 9.90 Å². The second kappa shape index (κ2) is 6.13. The number of hydrogen-bond donors (Lipinski definition) is 2. The molecular weight excluding hydrogens is 268 g/mol. The van der Waals surface area contributed by atoms with Gasteiger partial charge in [0.1, 0.15) is 5.60 Å². The number of nitrogens with one attached hydrogen (secondary N) is 1. The van der Waals surface area contributed by atoms with Crippen molar-refractivity contribution in [3.63, 3.8) is 0 Å². The van der Waals surface area contributed by atoms with E-state index < -0.39 is 11.2 Å². The zero-order valence-corrected chi connectivity index (χ0v) is 13.8. The Morgan fingerprint density at radius 2 is 2.19 bits per heavy atom. The molecule has 21 heavy (non-hydrogen) atoms. The van der Waals surface area contributed by atoms with Crippen molar-refractivity contribution >= 4 is 6.09 Å². The molecule has 5 nitrogen and oxygen atoms in total. The summed E-state index contributed by atoms with van der Waals surface area (Å²) in [7, 11) is 0. The Labute approximate surface area is 128 Å². The van der Waals surface area contributed by atoms with Gasteiger partial charge in [-0.1, -0.05) is 6.92 Å². The maximum absolute atomic E-state index is 12.1. The molecule has 1 amide bonds. The molecule has 0 aromatic heterocycles. The molecule has 0 spiro atoms. The van der Waals surface area contributed by atoms with Crippen molar-refractivity contribution in [1.29, 1.82) is 0 Å². The summed E-state index contributed by atoms with van der Waals surface area (Å²) >= 11 is 0. The average Bonchev–Trinajstić information content (AvgIpc) is 2.76. The highest BCUT2D eigenvalue weighted by Crippen LogP contribution is 2.33. The molecule has 2 aliphatic rings. The fourth-order valence-corrected chi connectivity index (χ4v) is 3.38. The second-order valence-electron chi connectivity index (χ2n) is 7.81. The molecule has 0 saturated carbocycles. The van der Waals surface area contributed by atoms with Crippen molar-refractivity contribution in [3.8, 4) is 0 Å². The predicted molar refractivity (Wildman–Crippen MR) is 82.1 cm³/mol. The highest BCUT2D eigenvalue weighted by atomic mass is 16.6. The molecule has 0 radical (unpaired) electrons. The fourth-order valence-electron chi connectivity index (χ4n) is 3.38. The van der Waals surface area contributed by atoms with Crippen molar-refractivity contribution in [2.75, 3.05) is 26.2 Å². The van der Waals surface area contributed by atoms with Crippen LogP contribution in [0.15, 0.2) is 0 Å². The van der Waals surface area contributed by atoms with E-state index in [0.717, 1.165) is 38.9 Å². The molecule has 122 valence electrons. The maximum Gasteiger partial charge on any atom is 0.410 e. The quantitative estimate of drug-likeness (QED) is 0.818. The second-order valence-corrected chi connectivity index (χ2v) is 7.81. The van der Waals surface area contributed by atoms with Crippen LogP contribution in [0, 0.1) is 11.8 Å². The minimum absolute atomic E-state index is 0.214. The molecule has 2 heterocycles. The van der Waals surface area contributed by atoms with Crippen LogP contribution in [0.4, 0.5) is 4.79 Å². The van der Waals surface area contributed by atoms with Gasteiger partial charge in [0.05, 0.1) is 5.60 Å². The third-order valence-corrected chi connectivity index (χ3v) is 4.60. The zero-order chi connectivity index (χ0) is 15.7. The lowest BCUT2D eigenvalue weighted by molar-refractivity contribution is -0.00785. The first-order valence-electron chi connectivity index (χ1n) is 8.10. The van der Waals surface area contributed by atoms with E-state index in [2.05, 4.69) is 12.2 Å². The summed E-state index contributed by atoms with van der Waals surface area (Å²) in [5.41, 5.74) is -0.991. The summed E-state index contributed by atoms with van der Waals surface area (Å²) < 4.78 is 5.44. The number of carbonyl (C=O) groups excluding carboxylic acids is 1. The lowest BCUT2D eigenvalue weighted by Crippen LogP contribution is -2.47. The highest BCUT2D eigenvalue weighted by molar-refractivity contribution is 5.68. The molecule has 0 aromatic carbocycles. The largest absolute Gasteiger partial charge is 0.444 e. The van der Waals surface area contributed by atoms with Gasteiger partial charge in [-0.25, -0.2) is 4.79 Å². The van der Waals surface area contributed by atoms with E-state index in [1.54, 1.807) is 0 Å². The van der Waals surface area contributed by atoms with Crippen LogP contribution in [-0.4, -0.2) is 53.5 Å². The summed E-state index contributed by atoms with van der Waals surface area (Å²) in [6.45, 7) is 10.9. The molecule has 0 aromatic rings. The predicted octanol–water partition coefficient (Wildman–Crippen LogP) is 1.99. The van der Waals surface area contributed by atoms with Crippen LogP contribution in [0.25, 0.3) is 0 Å². The van der Waals surface area contributed by atoms with Crippen molar-refractivity contribution in [2.45, 2.75) is 58.2 Å². The van der Waals surface area contributed by atoms with Crippen LogP contribution in [0.1, 0.15) is 47.0 Å². The lowest BCUT2D eigenvalue weighted by Gasteiger charge is -2.40. The van der Waals surface area contributed by atoms with E-state index in [4.69, 9.17) is 4.74 Å². The first-order chi connectivity index (χ1) is 9.69. The normalized spacial score (nSPS) is 34.0. The topological polar surface area (TPSA) is 61.8 Å². The Bertz CT molecular complexity index is 372. The summed E-state index contributed by atoms with van der Waals surface area (Å²) in [4.78, 5) is 13.9. The molecule has 2 aliphatic heterocycles. The summed E-state index contributed by atoms with van der Waals surface area (Å²) in [6, 6.07) is 0. The number of carbonyl (C=O) groups is 1. The SMILES string of the molecule is CC1CN(C(=O)OC(C)(C)C)CCC1CC1(O)CCNC1. The van der Waals surface area contributed by atoms with E-state index in [1.165, 1.54) is 0 Å². The van der Waals surface area contributed by atoms with Gasteiger partial charge in [0, 0.05) is 19.6 Å². The molecule has 3 atom stereocenters. The van der Waals surface area contributed by atoms with Crippen LogP contribution < -0.4 is 5.32 Å². The summed E-state index contributed by atoms with van der Waals surface area (Å²) in [6.07, 6.45) is 2.41. The molecule has 0 bridgehead atoms. The lowest BCUT2D eigenvalue weighted by atomic mass is 9.78. The standard InChI is InChI=1S/C16H30N2O3/c1-12-10-18(14(19)21-15(2,3)4)8-5-13(12)9-16(20)6-7-17-11-16/h12-13,17,20H,5-11H2,1-4H3. The summed E-state index contributed by atoms with van der Waals surface area (Å²) in [5.74, 6) is 0.879. The van der Waals surface area contributed by atoms with E-state index in [1.807, 2.05) is 25.7 Å². The van der Waals surface area contributed by atoms with Crippen LogP contribution in [0.2, 0.25) is 0 Å². The van der Waals surface area contributed by atoms with Crippen LogP contribution >= 0.6 is 0 Å². The van der Waals surface area contributed by atoms with E-state index >= 15 is 0 Å². The number of aliphatic hydroxyl groups is 1. The number of likely N-dealkylation sites (tertiary alicyclic amines) is 1. The third kappa shape index (κ3) is 4.58. The Balaban J connectivity index is 1.85. The van der Waals surface area contributed by atoms with Crippen LogP contribution in [0.5, 0.6) is 0 Å². The van der Waals surface area contributed by atoms with Crippen molar-refractivity contribution in [2.24, 2.45) is 11.8 Å². The highest BCUT2D eigenvalue weighted by Gasteiger charge is 2.38. The maximum atomic E-state index is 12.1. The van der Waals surface area contributed by atoms with Gasteiger partial charge in [-0.3, -0.25) is 0 Å². The molecular formula is C16H30N2O3. The fraction of sp³-hybridized carbons (Fsp3) is 0.938. The van der Waals surface area contributed by atoms with Gasteiger partial charge in [-0.15, -0.1) is 0 Å². The minimum atomic E-state index is -0.549. The zero-order valence-electron chi connectivity index (χ0n) is 13.8. The van der Waals surface area contributed by atoms with Gasteiger partial charge >= 0.3 is 6.09 Å². The number of hydrogen-bond acceptors (Lipinski definition) is 4. The number of nitrogens with zero attached hydrogens (tertiary/aromatic N) is 1. The van der Waals surface area contributed by atoms with Crippen molar-refractivity contribution in [1.82, 2.24) is 10.2 Å². The molecule has 2 rings (SSSR count). The molecule has 2 fully saturated rings. The first kappa shape index (κ1) is 16.6. The van der Waals surface area contributed by atoms with Gasteiger partial charge in [-0.05, 0) is 58.4 Å². The third-order valence-electron chi connectivity index (χ3n) is 4.60. The number of β-amino-alcohol motifs (C(OH)–C–C–N with tert-alkyl or cyclic N) is 1. The van der Waals surface area contributed by atoms with Gasteiger partial charge in [0.15, 0.2) is 0 Å².